The number of hydrogen-bond acceptors (Lipinski definition) is 2. The summed E-state index contributed by atoms with van der Waals surface area (Å²) in [6, 6.07) is 0. The fourth-order valence-corrected chi connectivity index (χ4v) is 2.18. The maximum atomic E-state index is 13.7. The molecule has 0 radical (unpaired) electrons. The van der Waals surface area contributed by atoms with E-state index < -0.39 is 23.9 Å². The normalized spacial score (nSPS) is 35.1. The molecule has 2 rings (SSSR count). The Morgan fingerprint density at radius 3 is 2.60 bits per heavy atom. The Morgan fingerprint density at radius 1 is 1.47 bits per heavy atom. The second-order valence-electron chi connectivity index (χ2n) is 4.54. The van der Waals surface area contributed by atoms with Gasteiger partial charge in [0.2, 0.25) is 0 Å². The van der Waals surface area contributed by atoms with Gasteiger partial charge in [0.1, 0.15) is 12.0 Å². The molecule has 1 atom stereocenters. The maximum Gasteiger partial charge on any atom is 0.315 e. The average Bonchev–Trinajstić information content (AvgIpc) is 2.92. The van der Waals surface area contributed by atoms with Gasteiger partial charge in [-0.2, -0.15) is 0 Å². The summed E-state index contributed by atoms with van der Waals surface area (Å²) in [7, 11) is 0. The molecule has 1 aliphatic heterocycles. The fraction of sp³-hybridized carbons (Fsp3) is 0.900. The molecule has 2 aliphatic rings. The number of carboxylic acid groups (broad SMARTS) is 1. The smallest absolute Gasteiger partial charge is 0.315 e. The van der Waals surface area contributed by atoms with Gasteiger partial charge in [-0.3, -0.25) is 4.79 Å². The van der Waals surface area contributed by atoms with Gasteiger partial charge < -0.3 is 9.84 Å². The van der Waals surface area contributed by atoms with Gasteiger partial charge in [0.05, 0.1) is 0 Å². The Hall–Kier alpha value is -0.710. The highest BCUT2D eigenvalue weighted by atomic mass is 19.3. The number of halogens is 2. The van der Waals surface area contributed by atoms with Crippen molar-refractivity contribution in [2.75, 3.05) is 13.2 Å². The summed E-state index contributed by atoms with van der Waals surface area (Å²) < 4.78 is 32.0. The molecular formula is C10H14F2O3. The van der Waals surface area contributed by atoms with Crippen molar-refractivity contribution in [1.82, 2.24) is 0 Å². The molecule has 0 bridgehead atoms. The Kier molecular flexibility index (Phi) is 2.45. The summed E-state index contributed by atoms with van der Waals surface area (Å²) >= 11 is 0. The number of rotatable bonds is 3. The molecule has 3 nitrogen and oxygen atoms in total. The molecule has 0 aromatic rings. The lowest BCUT2D eigenvalue weighted by Crippen LogP contribution is -2.54. The van der Waals surface area contributed by atoms with E-state index in [9.17, 15) is 13.6 Å². The van der Waals surface area contributed by atoms with Crippen LogP contribution >= 0.6 is 0 Å². The Labute approximate surface area is 86.4 Å². The van der Waals surface area contributed by atoms with Crippen molar-refractivity contribution in [1.29, 1.82) is 0 Å². The summed E-state index contributed by atoms with van der Waals surface area (Å²) in [6.45, 7) is -0.638. The number of aliphatic carboxylic acids is 1. The van der Waals surface area contributed by atoms with Crippen molar-refractivity contribution in [3.63, 3.8) is 0 Å². The maximum absolute atomic E-state index is 13.7. The van der Waals surface area contributed by atoms with Crippen molar-refractivity contribution in [2.45, 2.75) is 31.6 Å². The highest BCUT2D eigenvalue weighted by Gasteiger charge is 2.62. The minimum Gasteiger partial charge on any atom is -0.481 e. The zero-order valence-corrected chi connectivity index (χ0v) is 8.34. The Morgan fingerprint density at radius 2 is 2.13 bits per heavy atom. The first-order valence-corrected chi connectivity index (χ1v) is 5.17. The number of alkyl halides is 2. The van der Waals surface area contributed by atoms with Crippen LogP contribution in [-0.2, 0) is 9.53 Å². The molecule has 0 amide bonds. The van der Waals surface area contributed by atoms with E-state index in [1.165, 1.54) is 0 Å². The van der Waals surface area contributed by atoms with E-state index in [0.29, 0.717) is 0 Å². The van der Waals surface area contributed by atoms with Crippen LogP contribution in [0.5, 0.6) is 0 Å². The van der Waals surface area contributed by atoms with E-state index in [0.717, 1.165) is 12.8 Å². The fourth-order valence-electron chi connectivity index (χ4n) is 2.18. The van der Waals surface area contributed by atoms with Gasteiger partial charge in [-0.05, 0) is 18.8 Å². The molecule has 1 saturated carbocycles. The second kappa shape index (κ2) is 3.40. The summed E-state index contributed by atoms with van der Waals surface area (Å²) in [6.07, 6.45) is 1.78. The zero-order valence-electron chi connectivity index (χ0n) is 8.34. The molecule has 1 N–H and O–H groups in total. The first-order chi connectivity index (χ1) is 6.98. The molecule has 15 heavy (non-hydrogen) atoms. The standard InChI is InChI=1S/C10H14F2O3/c11-10(12)6-15-4-3-9(10,8(13)14)5-7-1-2-7/h7H,1-6H2,(H,13,14). The molecule has 0 aromatic heterocycles. The third-order valence-corrected chi connectivity index (χ3v) is 3.40. The highest BCUT2D eigenvalue weighted by molar-refractivity contribution is 5.76. The highest BCUT2D eigenvalue weighted by Crippen LogP contribution is 2.52. The largest absolute Gasteiger partial charge is 0.481 e. The van der Waals surface area contributed by atoms with E-state index >= 15 is 0 Å². The number of carboxylic acids is 1. The van der Waals surface area contributed by atoms with Crippen LogP contribution in [0.15, 0.2) is 0 Å². The molecule has 1 unspecified atom stereocenters. The van der Waals surface area contributed by atoms with Crippen molar-refractivity contribution in [2.24, 2.45) is 11.3 Å². The molecule has 0 aromatic carbocycles. The second-order valence-corrected chi connectivity index (χ2v) is 4.54. The van der Waals surface area contributed by atoms with E-state index in [2.05, 4.69) is 4.74 Å². The van der Waals surface area contributed by atoms with Crippen LogP contribution in [0.2, 0.25) is 0 Å². The Bertz CT molecular complexity index is 276. The molecular weight excluding hydrogens is 206 g/mol. The third-order valence-electron chi connectivity index (χ3n) is 3.40. The van der Waals surface area contributed by atoms with Gasteiger partial charge in [0.25, 0.3) is 5.92 Å². The van der Waals surface area contributed by atoms with Gasteiger partial charge in [0, 0.05) is 6.61 Å². The van der Waals surface area contributed by atoms with Crippen molar-refractivity contribution in [3.05, 3.63) is 0 Å². The molecule has 0 spiro atoms. The number of hydrogen-bond donors (Lipinski definition) is 1. The number of carbonyl (C=O) groups is 1. The summed E-state index contributed by atoms with van der Waals surface area (Å²) in [5.41, 5.74) is -1.88. The minimum absolute atomic E-state index is 0.0775. The molecule has 2 fully saturated rings. The predicted octanol–water partition coefficient (Wildman–Crippen LogP) is 1.91. The Balaban J connectivity index is 2.24. The van der Waals surface area contributed by atoms with Crippen LogP contribution < -0.4 is 0 Å². The van der Waals surface area contributed by atoms with Crippen molar-refractivity contribution in [3.8, 4) is 0 Å². The van der Waals surface area contributed by atoms with Gasteiger partial charge in [-0.25, -0.2) is 8.78 Å². The van der Waals surface area contributed by atoms with Gasteiger partial charge in [-0.1, -0.05) is 12.8 Å². The summed E-state index contributed by atoms with van der Waals surface area (Å²) in [4.78, 5) is 11.1. The van der Waals surface area contributed by atoms with Crippen LogP contribution in [-0.4, -0.2) is 30.2 Å². The predicted molar refractivity (Wildman–Crippen MR) is 47.8 cm³/mol. The lowest BCUT2D eigenvalue weighted by atomic mass is 9.73. The summed E-state index contributed by atoms with van der Waals surface area (Å²) in [5, 5.41) is 9.07. The van der Waals surface area contributed by atoms with Gasteiger partial charge in [0.15, 0.2) is 0 Å². The van der Waals surface area contributed by atoms with Crippen LogP contribution in [0.3, 0.4) is 0 Å². The first kappa shape index (κ1) is 10.8. The quantitative estimate of drug-likeness (QED) is 0.790. The summed E-state index contributed by atoms with van der Waals surface area (Å²) in [5.74, 6) is -4.44. The SMILES string of the molecule is O=C(O)C1(CC2CC2)CCOCC1(F)F. The molecule has 1 heterocycles. The van der Waals surface area contributed by atoms with Crippen LogP contribution in [0.4, 0.5) is 8.78 Å². The van der Waals surface area contributed by atoms with Crippen molar-refractivity contribution >= 4 is 5.97 Å². The number of ether oxygens (including phenoxy) is 1. The van der Waals surface area contributed by atoms with E-state index in [-0.39, 0.29) is 25.4 Å². The minimum atomic E-state index is -3.24. The van der Waals surface area contributed by atoms with E-state index in [1.807, 2.05) is 0 Å². The zero-order chi connectivity index (χ0) is 11.1. The van der Waals surface area contributed by atoms with E-state index in [1.54, 1.807) is 0 Å². The lowest BCUT2D eigenvalue weighted by Gasteiger charge is -2.40. The van der Waals surface area contributed by atoms with Crippen LogP contribution in [0.1, 0.15) is 25.7 Å². The lowest BCUT2D eigenvalue weighted by molar-refractivity contribution is -0.221. The van der Waals surface area contributed by atoms with E-state index in [4.69, 9.17) is 5.11 Å². The van der Waals surface area contributed by atoms with Crippen LogP contribution in [0.25, 0.3) is 0 Å². The molecule has 1 aliphatic carbocycles. The molecule has 5 heteroatoms. The molecule has 1 saturated heterocycles. The van der Waals surface area contributed by atoms with Gasteiger partial charge >= 0.3 is 5.97 Å². The monoisotopic (exact) mass is 220 g/mol. The topological polar surface area (TPSA) is 46.5 Å². The first-order valence-electron chi connectivity index (χ1n) is 5.17. The van der Waals surface area contributed by atoms with Crippen molar-refractivity contribution < 1.29 is 23.4 Å². The molecule has 86 valence electrons. The van der Waals surface area contributed by atoms with Gasteiger partial charge in [-0.15, -0.1) is 0 Å². The van der Waals surface area contributed by atoms with Crippen LogP contribution in [0, 0.1) is 11.3 Å². The third kappa shape index (κ3) is 1.73. The average molecular weight is 220 g/mol.